The average Bonchev–Trinajstić information content (AvgIpc) is 3.41. The normalized spacial score (nSPS) is 15.1. The molecule has 3 rings (SSSR count). The van der Waals surface area contributed by atoms with Crippen molar-refractivity contribution in [3.63, 3.8) is 0 Å². The van der Waals surface area contributed by atoms with E-state index < -0.39 is 0 Å². The number of nitrogens with zero attached hydrogens (tertiary/aromatic N) is 1. The molecule has 1 aromatic heterocycles. The third-order valence-corrected chi connectivity index (χ3v) is 4.64. The fourth-order valence-corrected chi connectivity index (χ4v) is 2.80. The Kier molecular flexibility index (Phi) is 5.02. The molecule has 1 unspecified atom stereocenters. The Morgan fingerprint density at radius 2 is 2.04 bits per heavy atom. The zero-order valence-electron chi connectivity index (χ0n) is 13.2. The summed E-state index contributed by atoms with van der Waals surface area (Å²) in [6, 6.07) is 10.3. The van der Waals surface area contributed by atoms with Gasteiger partial charge >= 0.3 is 0 Å². The van der Waals surface area contributed by atoms with Gasteiger partial charge in [0.2, 0.25) is 0 Å². The summed E-state index contributed by atoms with van der Waals surface area (Å²) in [5.74, 6) is 0.304. The van der Waals surface area contributed by atoms with Crippen molar-refractivity contribution >= 4 is 17.5 Å². The Hall–Kier alpha value is -2.11. The molecule has 6 heteroatoms. The minimum absolute atomic E-state index is 0.00276. The van der Waals surface area contributed by atoms with Gasteiger partial charge in [-0.25, -0.2) is 0 Å². The summed E-state index contributed by atoms with van der Waals surface area (Å²) in [4.78, 5) is 24.3. The fourth-order valence-electron chi connectivity index (χ4n) is 2.60. The first-order chi connectivity index (χ1) is 11.5. The Labute approximate surface area is 145 Å². The maximum atomic E-state index is 12.3. The summed E-state index contributed by atoms with van der Waals surface area (Å²) < 4.78 is 1.48. The number of carbonyl (C=O) groups is 1. The van der Waals surface area contributed by atoms with Gasteiger partial charge in [0.1, 0.15) is 0 Å². The molecular weight excluding hydrogens is 326 g/mol. The van der Waals surface area contributed by atoms with E-state index in [9.17, 15) is 9.59 Å². The molecular formula is C18H20ClN3O2. The van der Waals surface area contributed by atoms with Crippen LogP contribution in [0.2, 0.25) is 5.02 Å². The number of amides is 1. The Bertz CT molecular complexity index is 799. The lowest BCUT2D eigenvalue weighted by Crippen LogP contribution is -2.38. The molecule has 126 valence electrons. The van der Waals surface area contributed by atoms with Crippen LogP contribution in [-0.2, 0) is 6.54 Å². The van der Waals surface area contributed by atoms with Crippen LogP contribution < -0.4 is 16.6 Å². The highest BCUT2D eigenvalue weighted by molar-refractivity contribution is 6.31. The van der Waals surface area contributed by atoms with Crippen LogP contribution >= 0.6 is 11.6 Å². The van der Waals surface area contributed by atoms with Crippen molar-refractivity contribution in [3.05, 3.63) is 69.1 Å². The van der Waals surface area contributed by atoms with Crippen LogP contribution in [0.5, 0.6) is 0 Å². The van der Waals surface area contributed by atoms with E-state index in [1.54, 1.807) is 12.3 Å². The first-order valence-electron chi connectivity index (χ1n) is 8.02. The second-order valence-corrected chi connectivity index (χ2v) is 6.59. The smallest absolute Gasteiger partial charge is 0.252 e. The van der Waals surface area contributed by atoms with E-state index in [4.69, 9.17) is 17.3 Å². The molecule has 5 nitrogen and oxygen atoms in total. The van der Waals surface area contributed by atoms with E-state index in [-0.39, 0.29) is 17.5 Å². The third kappa shape index (κ3) is 4.04. The van der Waals surface area contributed by atoms with E-state index in [1.807, 2.05) is 18.2 Å². The second kappa shape index (κ2) is 7.20. The molecule has 0 aliphatic heterocycles. The molecule has 1 heterocycles. The molecule has 1 aliphatic carbocycles. The lowest BCUT2D eigenvalue weighted by molar-refractivity contribution is 0.0949. The van der Waals surface area contributed by atoms with Gasteiger partial charge in [0, 0.05) is 29.9 Å². The first-order valence-corrected chi connectivity index (χ1v) is 8.40. The van der Waals surface area contributed by atoms with Crippen LogP contribution in [0.4, 0.5) is 0 Å². The van der Waals surface area contributed by atoms with Crippen LogP contribution in [0.3, 0.4) is 0 Å². The van der Waals surface area contributed by atoms with Crippen LogP contribution in [0.15, 0.2) is 47.4 Å². The summed E-state index contributed by atoms with van der Waals surface area (Å²) in [7, 11) is 0. The standard InChI is InChI=1S/C18H20ClN3O2/c19-15-4-2-1-3-13(15)10-22-11-14(7-8-17(22)23)18(24)21-9-16(20)12-5-6-12/h1-4,7-8,11-12,16H,5-6,9-10,20H2,(H,21,24). The summed E-state index contributed by atoms with van der Waals surface area (Å²) in [5, 5.41) is 3.43. The van der Waals surface area contributed by atoms with E-state index in [1.165, 1.54) is 16.7 Å². The van der Waals surface area contributed by atoms with Gasteiger partial charge < -0.3 is 15.6 Å². The van der Waals surface area contributed by atoms with Gasteiger partial charge in [-0.15, -0.1) is 0 Å². The third-order valence-electron chi connectivity index (χ3n) is 4.27. The highest BCUT2D eigenvalue weighted by Gasteiger charge is 2.28. The molecule has 1 aromatic carbocycles. The molecule has 1 atom stereocenters. The lowest BCUT2D eigenvalue weighted by atomic mass is 10.2. The number of halogens is 1. The van der Waals surface area contributed by atoms with Crippen molar-refractivity contribution in [2.24, 2.45) is 11.7 Å². The molecule has 2 aromatic rings. The topological polar surface area (TPSA) is 77.1 Å². The van der Waals surface area contributed by atoms with Gasteiger partial charge in [0.15, 0.2) is 0 Å². The quantitative estimate of drug-likeness (QED) is 0.840. The number of benzene rings is 1. The monoisotopic (exact) mass is 345 g/mol. The molecule has 24 heavy (non-hydrogen) atoms. The molecule has 0 radical (unpaired) electrons. The highest BCUT2D eigenvalue weighted by Crippen LogP contribution is 2.31. The number of nitrogens with two attached hydrogens (primary N) is 1. The Morgan fingerprint density at radius 1 is 1.29 bits per heavy atom. The van der Waals surface area contributed by atoms with E-state index in [0.717, 1.165) is 18.4 Å². The maximum Gasteiger partial charge on any atom is 0.252 e. The van der Waals surface area contributed by atoms with Crippen molar-refractivity contribution < 1.29 is 4.79 Å². The minimum atomic E-state index is -0.223. The first kappa shape index (κ1) is 16.7. The Balaban J connectivity index is 1.72. The molecule has 0 spiro atoms. The van der Waals surface area contributed by atoms with Crippen LogP contribution in [0.1, 0.15) is 28.8 Å². The molecule has 1 aliphatic rings. The van der Waals surface area contributed by atoms with E-state index >= 15 is 0 Å². The number of pyridine rings is 1. The van der Waals surface area contributed by atoms with Crippen molar-refractivity contribution in [2.75, 3.05) is 6.54 Å². The van der Waals surface area contributed by atoms with Gasteiger partial charge in [0.25, 0.3) is 11.5 Å². The predicted molar refractivity (Wildman–Crippen MR) is 94.3 cm³/mol. The SMILES string of the molecule is NC(CNC(=O)c1ccc(=O)n(Cc2ccccc2Cl)c1)C1CC1. The molecule has 1 fully saturated rings. The van der Waals surface area contributed by atoms with Gasteiger partial charge in [0.05, 0.1) is 12.1 Å². The number of aromatic nitrogens is 1. The van der Waals surface area contributed by atoms with Gasteiger partial charge in [-0.1, -0.05) is 29.8 Å². The van der Waals surface area contributed by atoms with Crippen molar-refractivity contribution in [1.29, 1.82) is 0 Å². The summed E-state index contributed by atoms with van der Waals surface area (Å²) in [5.41, 5.74) is 7.08. The van der Waals surface area contributed by atoms with Gasteiger partial charge in [-0.2, -0.15) is 0 Å². The summed E-state index contributed by atoms with van der Waals surface area (Å²) in [6.45, 7) is 0.772. The molecule has 1 saturated carbocycles. The number of carbonyl (C=O) groups excluding carboxylic acids is 1. The van der Waals surface area contributed by atoms with Crippen molar-refractivity contribution in [1.82, 2.24) is 9.88 Å². The zero-order chi connectivity index (χ0) is 17.1. The number of nitrogens with one attached hydrogen (secondary N) is 1. The van der Waals surface area contributed by atoms with Gasteiger partial charge in [-0.05, 0) is 36.5 Å². The minimum Gasteiger partial charge on any atom is -0.350 e. The van der Waals surface area contributed by atoms with Crippen LogP contribution in [-0.4, -0.2) is 23.1 Å². The molecule has 0 saturated heterocycles. The predicted octanol–water partition coefficient (Wildman–Crippen LogP) is 2.02. The average molecular weight is 346 g/mol. The Morgan fingerprint density at radius 3 is 2.75 bits per heavy atom. The van der Waals surface area contributed by atoms with Crippen molar-refractivity contribution in [3.8, 4) is 0 Å². The van der Waals surface area contributed by atoms with Crippen LogP contribution in [0, 0.1) is 5.92 Å². The van der Waals surface area contributed by atoms with E-state index in [2.05, 4.69) is 5.32 Å². The molecule has 3 N–H and O–H groups in total. The largest absolute Gasteiger partial charge is 0.350 e. The fraction of sp³-hybridized carbons (Fsp3) is 0.333. The van der Waals surface area contributed by atoms with E-state index in [0.29, 0.717) is 29.6 Å². The maximum absolute atomic E-state index is 12.3. The van der Waals surface area contributed by atoms with Crippen LogP contribution in [0.25, 0.3) is 0 Å². The van der Waals surface area contributed by atoms with Crippen molar-refractivity contribution in [2.45, 2.75) is 25.4 Å². The molecule has 0 bridgehead atoms. The number of hydrogen-bond donors (Lipinski definition) is 2. The summed E-state index contributed by atoms with van der Waals surface area (Å²) in [6.07, 6.45) is 3.84. The lowest BCUT2D eigenvalue weighted by Gasteiger charge is -2.13. The van der Waals surface area contributed by atoms with Gasteiger partial charge in [-0.3, -0.25) is 9.59 Å². The highest BCUT2D eigenvalue weighted by atomic mass is 35.5. The summed E-state index contributed by atoms with van der Waals surface area (Å²) >= 11 is 6.14. The molecule has 1 amide bonds. The second-order valence-electron chi connectivity index (χ2n) is 6.19. The zero-order valence-corrected chi connectivity index (χ0v) is 14.0. The number of rotatable bonds is 6. The number of hydrogen-bond acceptors (Lipinski definition) is 3.